The predicted octanol–water partition coefficient (Wildman–Crippen LogP) is 0.295. The molecule has 0 spiro atoms. The van der Waals surface area contributed by atoms with Gasteiger partial charge in [-0.3, -0.25) is 8.37 Å². The summed E-state index contributed by atoms with van der Waals surface area (Å²) in [5.41, 5.74) is 0. The maximum Gasteiger partial charge on any atom is 0.236 e. The van der Waals surface area contributed by atoms with E-state index in [4.69, 9.17) is 0 Å². The Bertz CT molecular complexity index is 216. The van der Waals surface area contributed by atoms with E-state index >= 15 is 0 Å². The zero-order chi connectivity index (χ0) is 13.7. The third-order valence-corrected chi connectivity index (χ3v) is 2.03. The molecule has 0 aromatic heterocycles. The standard InChI is InChI=1S/C3H9NO2S.C3H6O.C2H6O2S/c1-4(2)7(5)6-3;1-3(2)4;1-4-5(2)3/h1-3H3;1-2H3;1-2H3. The summed E-state index contributed by atoms with van der Waals surface area (Å²) < 4.78 is 30.1. The second-order valence-corrected chi connectivity index (χ2v) is 5.31. The van der Waals surface area contributed by atoms with Crippen molar-refractivity contribution >= 4 is 28.1 Å². The van der Waals surface area contributed by atoms with Crippen molar-refractivity contribution in [2.45, 2.75) is 13.8 Å². The van der Waals surface area contributed by atoms with Crippen LogP contribution in [-0.4, -0.2) is 53.1 Å². The van der Waals surface area contributed by atoms with Gasteiger partial charge >= 0.3 is 0 Å². The van der Waals surface area contributed by atoms with E-state index in [0.717, 1.165) is 0 Å². The first-order chi connectivity index (χ1) is 7.18. The molecule has 0 saturated carbocycles. The van der Waals surface area contributed by atoms with Gasteiger partial charge in [-0.25, -0.2) is 12.7 Å². The molecule has 2 unspecified atom stereocenters. The molecule has 0 bridgehead atoms. The third-order valence-electron chi connectivity index (χ3n) is 0.675. The SMILES string of the molecule is CC(C)=O.COS(=O)N(C)C.COS(C)=O. The number of rotatable bonds is 3. The quantitative estimate of drug-likeness (QED) is 0.740. The molecule has 0 aromatic carbocycles. The van der Waals surface area contributed by atoms with Crippen LogP contribution in [0, 0.1) is 0 Å². The van der Waals surface area contributed by atoms with E-state index < -0.39 is 22.3 Å². The van der Waals surface area contributed by atoms with Gasteiger partial charge in [0.15, 0.2) is 11.1 Å². The van der Waals surface area contributed by atoms with Crippen molar-refractivity contribution < 1.29 is 21.6 Å². The van der Waals surface area contributed by atoms with E-state index in [2.05, 4.69) is 8.37 Å². The van der Waals surface area contributed by atoms with Gasteiger partial charge in [0, 0.05) is 20.4 Å². The first-order valence-corrected chi connectivity index (χ1v) is 6.69. The van der Waals surface area contributed by atoms with Crippen LogP contribution >= 0.6 is 0 Å². The van der Waals surface area contributed by atoms with Gasteiger partial charge in [-0.15, -0.1) is 0 Å². The number of carbonyl (C=O) groups excluding carboxylic acids is 1. The normalized spacial score (nSPS) is 12.8. The number of nitrogens with zero attached hydrogens (tertiary/aromatic N) is 1. The number of carbonyl (C=O) groups is 1. The molecule has 8 heteroatoms. The number of hydrogen-bond donors (Lipinski definition) is 0. The Kier molecular flexibility index (Phi) is 19.6. The van der Waals surface area contributed by atoms with E-state index in [9.17, 15) is 13.2 Å². The van der Waals surface area contributed by atoms with Gasteiger partial charge in [-0.2, -0.15) is 0 Å². The smallest absolute Gasteiger partial charge is 0.236 e. The molecule has 6 nitrogen and oxygen atoms in total. The lowest BCUT2D eigenvalue weighted by Gasteiger charge is -2.03. The summed E-state index contributed by atoms with van der Waals surface area (Å²) in [5.74, 6) is 0.167. The second kappa shape index (κ2) is 14.8. The lowest BCUT2D eigenvalue weighted by atomic mass is 10.6. The van der Waals surface area contributed by atoms with Crippen LogP contribution in [0.3, 0.4) is 0 Å². The summed E-state index contributed by atoms with van der Waals surface area (Å²) in [6, 6.07) is 0. The molecule has 0 aliphatic carbocycles. The minimum Gasteiger partial charge on any atom is -0.300 e. The summed E-state index contributed by atoms with van der Waals surface area (Å²) >= 11 is -2.32. The molecule has 0 aliphatic heterocycles. The third kappa shape index (κ3) is 37.1. The van der Waals surface area contributed by atoms with Crippen molar-refractivity contribution in [1.82, 2.24) is 4.31 Å². The molecule has 2 atom stereocenters. The van der Waals surface area contributed by atoms with Gasteiger partial charge in [-0.05, 0) is 13.8 Å². The summed E-state index contributed by atoms with van der Waals surface area (Å²) in [7, 11) is 6.16. The van der Waals surface area contributed by atoms with Crippen LogP contribution in [0.15, 0.2) is 0 Å². The Labute approximate surface area is 103 Å². The van der Waals surface area contributed by atoms with Crippen LogP contribution in [0.2, 0.25) is 0 Å². The molecule has 0 fully saturated rings. The maximum absolute atomic E-state index is 10.3. The molecule has 0 radical (unpaired) electrons. The lowest BCUT2D eigenvalue weighted by molar-refractivity contribution is -0.114. The summed E-state index contributed by atoms with van der Waals surface area (Å²) in [4.78, 5) is 9.44. The fraction of sp³-hybridized carbons (Fsp3) is 0.875. The molecule has 0 N–H and O–H groups in total. The predicted molar refractivity (Wildman–Crippen MR) is 66.3 cm³/mol. The molecule has 0 heterocycles. The Morgan fingerprint density at radius 2 is 1.31 bits per heavy atom. The highest BCUT2D eigenvalue weighted by molar-refractivity contribution is 7.79. The fourth-order valence-electron chi connectivity index (χ4n) is 0.149. The molecule has 0 rings (SSSR count). The van der Waals surface area contributed by atoms with Crippen molar-refractivity contribution in [3.8, 4) is 0 Å². The van der Waals surface area contributed by atoms with Crippen LogP contribution in [0.25, 0.3) is 0 Å². The van der Waals surface area contributed by atoms with E-state index in [1.165, 1.54) is 38.6 Å². The number of hydrogen-bond acceptors (Lipinski definition) is 5. The Morgan fingerprint density at radius 1 is 1.06 bits per heavy atom. The molecular formula is C8H21NO5S2. The van der Waals surface area contributed by atoms with Crippen molar-refractivity contribution in [1.29, 1.82) is 0 Å². The molecular weight excluding hydrogens is 254 g/mol. The lowest BCUT2D eigenvalue weighted by Crippen LogP contribution is -2.15. The Balaban J connectivity index is -0.000000166. The average Bonchev–Trinajstić information content (AvgIpc) is 2.16. The summed E-state index contributed by atoms with van der Waals surface area (Å²) in [5, 5.41) is 0. The number of ketones is 1. The highest BCUT2D eigenvalue weighted by atomic mass is 32.2. The number of Topliss-reactive ketones (excluding diaryl/α,β-unsaturated/α-hetero) is 1. The molecule has 16 heavy (non-hydrogen) atoms. The summed E-state index contributed by atoms with van der Waals surface area (Å²) in [6.45, 7) is 3.06. The first-order valence-electron chi connectivity index (χ1n) is 4.17. The molecule has 100 valence electrons. The van der Waals surface area contributed by atoms with Gasteiger partial charge in [0.2, 0.25) is 11.3 Å². The molecule has 0 saturated heterocycles. The van der Waals surface area contributed by atoms with E-state index in [-0.39, 0.29) is 5.78 Å². The topological polar surface area (TPSA) is 72.9 Å². The Morgan fingerprint density at radius 3 is 1.31 bits per heavy atom. The molecule has 0 aliphatic rings. The van der Waals surface area contributed by atoms with Gasteiger partial charge in [0.25, 0.3) is 0 Å². The highest BCUT2D eigenvalue weighted by Gasteiger charge is 1.95. The zero-order valence-electron chi connectivity index (χ0n) is 10.8. The van der Waals surface area contributed by atoms with Crippen molar-refractivity contribution in [3.05, 3.63) is 0 Å². The van der Waals surface area contributed by atoms with Crippen LogP contribution in [0.4, 0.5) is 0 Å². The van der Waals surface area contributed by atoms with Crippen LogP contribution in [0.1, 0.15) is 13.8 Å². The van der Waals surface area contributed by atoms with Crippen molar-refractivity contribution in [2.24, 2.45) is 0 Å². The Hall–Kier alpha value is -0.150. The largest absolute Gasteiger partial charge is 0.300 e. The van der Waals surface area contributed by atoms with Crippen molar-refractivity contribution in [3.63, 3.8) is 0 Å². The van der Waals surface area contributed by atoms with Gasteiger partial charge < -0.3 is 4.79 Å². The maximum atomic E-state index is 10.3. The average molecular weight is 275 g/mol. The van der Waals surface area contributed by atoms with Crippen LogP contribution in [0.5, 0.6) is 0 Å². The fourth-order valence-corrected chi connectivity index (χ4v) is 0.447. The van der Waals surface area contributed by atoms with Gasteiger partial charge in [0.05, 0.1) is 14.2 Å². The van der Waals surface area contributed by atoms with Crippen LogP contribution in [-0.2, 0) is 35.5 Å². The molecule has 0 amide bonds. The van der Waals surface area contributed by atoms with E-state index in [0.29, 0.717) is 0 Å². The minimum absolute atomic E-state index is 0.167. The minimum atomic E-state index is -1.25. The second-order valence-electron chi connectivity index (χ2n) is 2.67. The van der Waals surface area contributed by atoms with E-state index in [1.807, 2.05) is 0 Å². The molecule has 0 aromatic rings. The summed E-state index contributed by atoms with van der Waals surface area (Å²) in [6.07, 6.45) is 1.47. The first kappa shape index (κ1) is 21.2. The van der Waals surface area contributed by atoms with Gasteiger partial charge in [0.1, 0.15) is 5.78 Å². The highest BCUT2D eigenvalue weighted by Crippen LogP contribution is 1.82. The monoisotopic (exact) mass is 275 g/mol. The van der Waals surface area contributed by atoms with Crippen LogP contribution < -0.4 is 0 Å². The zero-order valence-corrected chi connectivity index (χ0v) is 12.4. The van der Waals surface area contributed by atoms with Crippen molar-refractivity contribution in [2.75, 3.05) is 34.6 Å². The van der Waals surface area contributed by atoms with Gasteiger partial charge in [-0.1, -0.05) is 0 Å². The van der Waals surface area contributed by atoms with E-state index in [1.54, 1.807) is 14.1 Å².